The number of thiophene rings is 1. The molecule has 6 heteroatoms. The number of likely N-dealkylation sites (tertiary alicyclic amines) is 1. The minimum atomic E-state index is -2.98. The molecule has 0 bridgehead atoms. The molecule has 0 atom stereocenters. The molecule has 0 aliphatic carbocycles. The van der Waals surface area contributed by atoms with Gasteiger partial charge in [0, 0.05) is 30.1 Å². The summed E-state index contributed by atoms with van der Waals surface area (Å²) in [6.07, 6.45) is 1.23. The first-order valence-electron chi connectivity index (χ1n) is 6.46. The third kappa shape index (κ3) is 3.17. The van der Waals surface area contributed by atoms with Crippen LogP contribution in [0, 0.1) is 6.92 Å². The lowest BCUT2D eigenvalue weighted by molar-refractivity contribution is -0.134. The molecule has 0 aromatic carbocycles. The average Bonchev–Trinajstić information content (AvgIpc) is 2.70. The fourth-order valence-electron chi connectivity index (χ4n) is 2.14. The number of hydrogen-bond donors (Lipinski definition) is 0. The maximum atomic E-state index is 11.9. The predicted molar refractivity (Wildman–Crippen MR) is 77.2 cm³/mol. The smallest absolute Gasteiger partial charge is 0.223 e. The number of hydrogen-bond acceptors (Lipinski definition) is 4. The first kappa shape index (κ1) is 14.5. The molecule has 0 spiro atoms. The van der Waals surface area contributed by atoms with E-state index in [-0.39, 0.29) is 16.9 Å². The Labute approximate surface area is 118 Å². The van der Waals surface area contributed by atoms with Crippen molar-refractivity contribution in [2.75, 3.05) is 18.8 Å². The van der Waals surface area contributed by atoms with E-state index in [4.69, 9.17) is 0 Å². The Hall–Kier alpha value is -0.880. The van der Waals surface area contributed by atoms with Gasteiger partial charge in [-0.15, -0.1) is 11.3 Å². The van der Waals surface area contributed by atoms with Gasteiger partial charge in [0.25, 0.3) is 0 Å². The van der Waals surface area contributed by atoms with Crippen LogP contribution in [-0.4, -0.2) is 43.3 Å². The van der Waals surface area contributed by atoms with Crippen LogP contribution in [0.15, 0.2) is 11.4 Å². The summed E-state index contributed by atoms with van der Waals surface area (Å²) in [6, 6.07) is 2.05. The summed E-state index contributed by atoms with van der Waals surface area (Å²) in [6.45, 7) is 4.44. The number of carbonyl (C=O) groups is 1. The molecular formula is C13H19NO3S2. The van der Waals surface area contributed by atoms with Crippen molar-refractivity contribution in [3.63, 3.8) is 0 Å². The van der Waals surface area contributed by atoms with Gasteiger partial charge in [0.05, 0.1) is 5.25 Å². The van der Waals surface area contributed by atoms with E-state index in [1.807, 2.05) is 12.3 Å². The van der Waals surface area contributed by atoms with Crippen molar-refractivity contribution in [3.05, 3.63) is 21.9 Å². The highest BCUT2D eigenvalue weighted by Crippen LogP contribution is 2.21. The van der Waals surface area contributed by atoms with Gasteiger partial charge in [-0.05, 0) is 30.4 Å². The van der Waals surface area contributed by atoms with Gasteiger partial charge in [0.15, 0.2) is 9.84 Å². The number of rotatable bonds is 5. The second-order valence-corrected chi connectivity index (χ2v) is 8.47. The summed E-state index contributed by atoms with van der Waals surface area (Å²) in [5.41, 5.74) is 1.23. The van der Waals surface area contributed by atoms with Crippen molar-refractivity contribution >= 4 is 27.1 Å². The van der Waals surface area contributed by atoms with Gasteiger partial charge >= 0.3 is 0 Å². The highest BCUT2D eigenvalue weighted by molar-refractivity contribution is 7.92. The molecule has 0 saturated carbocycles. The highest BCUT2D eigenvalue weighted by atomic mass is 32.2. The zero-order valence-corrected chi connectivity index (χ0v) is 12.9. The fourth-order valence-corrected chi connectivity index (χ4v) is 4.34. The van der Waals surface area contributed by atoms with Crippen molar-refractivity contribution in [1.29, 1.82) is 0 Å². The number of nitrogens with zero attached hydrogens (tertiary/aromatic N) is 1. The van der Waals surface area contributed by atoms with Crippen LogP contribution in [0.5, 0.6) is 0 Å². The number of aryl methyl sites for hydroxylation is 2. The summed E-state index contributed by atoms with van der Waals surface area (Å²) < 4.78 is 23.2. The molecule has 1 saturated heterocycles. The van der Waals surface area contributed by atoms with Gasteiger partial charge in [0.1, 0.15) is 0 Å². The number of carbonyl (C=O) groups excluding carboxylic acids is 1. The zero-order chi connectivity index (χ0) is 14.0. The molecule has 19 heavy (non-hydrogen) atoms. The molecule has 2 rings (SSSR count). The molecule has 1 fully saturated rings. The van der Waals surface area contributed by atoms with Gasteiger partial charge in [-0.2, -0.15) is 0 Å². The van der Waals surface area contributed by atoms with Crippen LogP contribution in [0.25, 0.3) is 0 Å². The minimum Gasteiger partial charge on any atom is -0.340 e. The monoisotopic (exact) mass is 301 g/mol. The van der Waals surface area contributed by atoms with E-state index in [0.717, 1.165) is 6.42 Å². The molecule has 0 N–H and O–H groups in total. The molecule has 1 aliphatic rings. The van der Waals surface area contributed by atoms with E-state index in [2.05, 4.69) is 6.07 Å². The van der Waals surface area contributed by atoms with Crippen molar-refractivity contribution in [2.24, 2.45) is 0 Å². The van der Waals surface area contributed by atoms with Crippen LogP contribution in [0.2, 0.25) is 0 Å². The average molecular weight is 301 g/mol. The second-order valence-electron chi connectivity index (χ2n) is 4.90. The van der Waals surface area contributed by atoms with E-state index in [1.165, 1.54) is 10.4 Å². The Balaban J connectivity index is 1.80. The van der Waals surface area contributed by atoms with Crippen molar-refractivity contribution in [3.8, 4) is 0 Å². The van der Waals surface area contributed by atoms with E-state index in [1.54, 1.807) is 23.2 Å². The fraction of sp³-hybridized carbons (Fsp3) is 0.615. The molecular weight excluding hydrogens is 282 g/mol. The molecule has 0 radical (unpaired) electrons. The summed E-state index contributed by atoms with van der Waals surface area (Å²) in [7, 11) is -2.98. The normalized spacial score (nSPS) is 16.4. The van der Waals surface area contributed by atoms with Crippen LogP contribution in [0.3, 0.4) is 0 Å². The lowest BCUT2D eigenvalue weighted by Gasteiger charge is -2.38. The SMILES string of the molecule is CCS(=O)(=O)C1CN(C(=O)CCc2sccc2C)C1. The third-order valence-corrected chi connectivity index (χ3v) is 6.85. The maximum Gasteiger partial charge on any atom is 0.223 e. The van der Waals surface area contributed by atoms with Gasteiger partial charge in [-0.25, -0.2) is 8.42 Å². The standard InChI is InChI=1S/C13H19NO3S2/c1-3-19(16,17)11-8-14(9-11)13(15)5-4-12-10(2)6-7-18-12/h6-7,11H,3-5,8-9H2,1-2H3. The quantitative estimate of drug-likeness (QED) is 0.830. The summed E-state index contributed by atoms with van der Waals surface area (Å²) in [5, 5.41) is 1.69. The van der Waals surface area contributed by atoms with Gasteiger partial charge in [-0.1, -0.05) is 6.92 Å². The van der Waals surface area contributed by atoms with Crippen molar-refractivity contribution in [2.45, 2.75) is 31.9 Å². The number of amides is 1. The Morgan fingerprint density at radius 2 is 2.16 bits per heavy atom. The van der Waals surface area contributed by atoms with Crippen LogP contribution in [0.4, 0.5) is 0 Å². The summed E-state index contributed by atoms with van der Waals surface area (Å²) in [4.78, 5) is 14.8. The lowest BCUT2D eigenvalue weighted by Crippen LogP contribution is -2.57. The summed E-state index contributed by atoms with van der Waals surface area (Å²) in [5.74, 6) is 0.226. The molecule has 1 aliphatic heterocycles. The Kier molecular flexibility index (Phi) is 4.30. The topological polar surface area (TPSA) is 54.5 Å². The van der Waals surface area contributed by atoms with Gasteiger partial charge < -0.3 is 4.90 Å². The number of sulfone groups is 1. The van der Waals surface area contributed by atoms with Crippen LogP contribution >= 0.6 is 11.3 Å². The van der Waals surface area contributed by atoms with E-state index >= 15 is 0 Å². The Morgan fingerprint density at radius 1 is 1.47 bits per heavy atom. The molecule has 106 valence electrons. The Morgan fingerprint density at radius 3 is 2.68 bits per heavy atom. The minimum absolute atomic E-state index is 0.0651. The predicted octanol–water partition coefficient (Wildman–Crippen LogP) is 1.63. The maximum absolute atomic E-state index is 11.9. The zero-order valence-electron chi connectivity index (χ0n) is 11.3. The molecule has 4 nitrogen and oxygen atoms in total. The molecule has 1 aromatic heterocycles. The first-order valence-corrected chi connectivity index (χ1v) is 9.06. The van der Waals surface area contributed by atoms with Crippen LogP contribution in [0.1, 0.15) is 23.8 Å². The van der Waals surface area contributed by atoms with E-state index < -0.39 is 9.84 Å². The van der Waals surface area contributed by atoms with E-state index in [9.17, 15) is 13.2 Å². The third-order valence-electron chi connectivity index (χ3n) is 3.65. The van der Waals surface area contributed by atoms with E-state index in [0.29, 0.717) is 19.5 Å². The highest BCUT2D eigenvalue weighted by Gasteiger charge is 2.38. The molecule has 1 amide bonds. The van der Waals surface area contributed by atoms with Crippen LogP contribution < -0.4 is 0 Å². The van der Waals surface area contributed by atoms with Crippen molar-refractivity contribution < 1.29 is 13.2 Å². The summed E-state index contributed by atoms with van der Waals surface area (Å²) >= 11 is 1.67. The van der Waals surface area contributed by atoms with Gasteiger partial charge in [-0.3, -0.25) is 4.79 Å². The van der Waals surface area contributed by atoms with Gasteiger partial charge in [0.2, 0.25) is 5.91 Å². The molecule has 1 aromatic rings. The van der Waals surface area contributed by atoms with Crippen molar-refractivity contribution in [1.82, 2.24) is 4.90 Å². The molecule has 2 heterocycles. The second kappa shape index (κ2) is 5.63. The lowest BCUT2D eigenvalue weighted by atomic mass is 10.1. The first-order chi connectivity index (χ1) is 8.94. The largest absolute Gasteiger partial charge is 0.340 e. The Bertz CT molecular complexity index is 556. The molecule has 0 unspecified atom stereocenters. The van der Waals surface area contributed by atoms with Crippen LogP contribution in [-0.2, 0) is 21.1 Å².